The number of hydrogen-bond donors (Lipinski definition) is 3. The quantitative estimate of drug-likeness (QED) is 0.422. The van der Waals surface area contributed by atoms with Gasteiger partial charge in [0.25, 0.3) is 5.56 Å². The minimum absolute atomic E-state index is 0.142. The normalized spacial score (nSPS) is 14.9. The first-order valence-electron chi connectivity index (χ1n) is 10.8. The summed E-state index contributed by atoms with van der Waals surface area (Å²) in [4.78, 5) is 37.6. The maximum absolute atomic E-state index is 13.6. The van der Waals surface area contributed by atoms with Crippen molar-refractivity contribution in [1.82, 2.24) is 24.8 Å². The lowest BCUT2D eigenvalue weighted by atomic mass is 10.1. The molecule has 0 aliphatic carbocycles. The highest BCUT2D eigenvalue weighted by atomic mass is 19.1. The summed E-state index contributed by atoms with van der Waals surface area (Å²) >= 11 is 0. The van der Waals surface area contributed by atoms with E-state index >= 15 is 0 Å². The molecule has 0 fully saturated rings. The Morgan fingerprint density at radius 2 is 2.12 bits per heavy atom. The first-order valence-corrected chi connectivity index (χ1v) is 10.8. The predicted molar refractivity (Wildman–Crippen MR) is 122 cm³/mol. The van der Waals surface area contributed by atoms with Crippen molar-refractivity contribution in [2.24, 2.45) is 0 Å². The van der Waals surface area contributed by atoms with Gasteiger partial charge in [0.2, 0.25) is 5.91 Å². The maximum Gasteiger partial charge on any atom is 0.294 e. The van der Waals surface area contributed by atoms with Crippen molar-refractivity contribution in [2.75, 3.05) is 5.32 Å². The zero-order valence-electron chi connectivity index (χ0n) is 18.1. The largest absolute Gasteiger partial charge is 0.361 e. The summed E-state index contributed by atoms with van der Waals surface area (Å²) in [5, 5.41) is 6.89. The molecule has 3 aromatic heterocycles. The number of halogens is 1. The summed E-state index contributed by atoms with van der Waals surface area (Å²) in [6.45, 7) is 2.39. The van der Waals surface area contributed by atoms with E-state index in [0.29, 0.717) is 24.9 Å². The van der Waals surface area contributed by atoms with E-state index in [1.54, 1.807) is 18.6 Å². The first-order chi connectivity index (χ1) is 16.0. The molecule has 1 amide bonds. The first kappa shape index (κ1) is 20.9. The highest BCUT2D eigenvalue weighted by Crippen LogP contribution is 2.24. The molecule has 33 heavy (non-hydrogen) atoms. The van der Waals surface area contributed by atoms with E-state index in [9.17, 15) is 14.0 Å². The number of carbonyl (C=O) groups is 1. The third-order valence-electron chi connectivity index (χ3n) is 5.85. The number of aromatic amines is 1. The van der Waals surface area contributed by atoms with Gasteiger partial charge in [-0.2, -0.15) is 0 Å². The smallest absolute Gasteiger partial charge is 0.294 e. The Hall–Kier alpha value is -4.01. The van der Waals surface area contributed by atoms with Gasteiger partial charge >= 0.3 is 0 Å². The lowest BCUT2D eigenvalue weighted by molar-refractivity contribution is -0.124. The molecule has 0 spiro atoms. The van der Waals surface area contributed by atoms with Crippen molar-refractivity contribution < 1.29 is 9.18 Å². The summed E-state index contributed by atoms with van der Waals surface area (Å²) in [5.74, 6) is -0.401. The monoisotopic (exact) mass is 446 g/mol. The Bertz CT molecular complexity index is 1360. The van der Waals surface area contributed by atoms with Crippen LogP contribution in [0.1, 0.15) is 35.0 Å². The van der Waals surface area contributed by atoms with E-state index in [4.69, 9.17) is 0 Å². The average Bonchev–Trinajstić information content (AvgIpc) is 3.41. The number of nitrogens with zero attached hydrogens (tertiary/aromatic N) is 3. The molecule has 0 radical (unpaired) electrons. The highest BCUT2D eigenvalue weighted by Gasteiger charge is 2.30. The zero-order chi connectivity index (χ0) is 22.9. The number of nitrogens with one attached hydrogen (secondary N) is 3. The van der Waals surface area contributed by atoms with Crippen LogP contribution in [-0.4, -0.2) is 25.4 Å². The van der Waals surface area contributed by atoms with Crippen LogP contribution < -0.4 is 16.2 Å². The van der Waals surface area contributed by atoms with Crippen molar-refractivity contribution in [3.05, 3.63) is 87.6 Å². The molecule has 0 unspecified atom stereocenters. The molecule has 0 saturated heterocycles. The summed E-state index contributed by atoms with van der Waals surface area (Å²) in [5.41, 5.74) is 3.70. The summed E-state index contributed by atoms with van der Waals surface area (Å²) in [7, 11) is 0. The minimum Gasteiger partial charge on any atom is -0.361 e. The fraction of sp³-hybridized carbons (Fsp3) is 0.250. The number of H-pyrrole nitrogens is 1. The van der Waals surface area contributed by atoms with E-state index in [0.717, 1.165) is 27.9 Å². The van der Waals surface area contributed by atoms with E-state index < -0.39 is 6.04 Å². The third-order valence-corrected chi connectivity index (χ3v) is 5.85. The highest BCUT2D eigenvalue weighted by molar-refractivity contribution is 5.82. The summed E-state index contributed by atoms with van der Waals surface area (Å²) < 4.78 is 15.2. The van der Waals surface area contributed by atoms with Gasteiger partial charge in [0.15, 0.2) is 5.82 Å². The van der Waals surface area contributed by atoms with Gasteiger partial charge in [-0.1, -0.05) is 6.07 Å². The van der Waals surface area contributed by atoms with Crippen LogP contribution in [0.3, 0.4) is 0 Å². The fourth-order valence-electron chi connectivity index (χ4n) is 4.34. The van der Waals surface area contributed by atoms with Crippen LogP contribution in [0.15, 0.2) is 53.7 Å². The SMILES string of the molecule is Cc1cc(F)cc(CNc2ncc3n(c2=O)[C@H](C(=O)NCc2cc4cnccc4[nH]2)CC3)c1. The van der Waals surface area contributed by atoms with E-state index in [-0.39, 0.29) is 29.6 Å². The number of anilines is 1. The molecule has 0 bridgehead atoms. The fourth-order valence-corrected chi connectivity index (χ4v) is 4.34. The van der Waals surface area contributed by atoms with Crippen molar-refractivity contribution in [3.63, 3.8) is 0 Å². The number of pyridine rings is 1. The molecule has 5 rings (SSSR count). The van der Waals surface area contributed by atoms with E-state index in [1.165, 1.54) is 16.7 Å². The molecule has 168 valence electrons. The minimum atomic E-state index is -0.599. The molecular formula is C24H23FN6O2. The standard InChI is InChI=1S/C24H23FN6O2/c1-14-6-15(8-17(25)7-14)10-27-22-24(33)31-19(13-28-22)2-3-21(31)23(32)29-12-18-9-16-11-26-5-4-20(16)30-18/h4-9,11,13,21,30H,2-3,10,12H2,1H3,(H,27,28)(H,29,32)/t21-/m0/s1. The number of fused-ring (bicyclic) bond motifs is 2. The Morgan fingerprint density at radius 3 is 2.94 bits per heavy atom. The van der Waals surface area contributed by atoms with Gasteiger partial charge in [0.1, 0.15) is 11.9 Å². The Morgan fingerprint density at radius 1 is 1.24 bits per heavy atom. The topological polar surface area (TPSA) is 105 Å². The zero-order valence-corrected chi connectivity index (χ0v) is 18.1. The second-order valence-electron chi connectivity index (χ2n) is 8.29. The second-order valence-corrected chi connectivity index (χ2v) is 8.29. The molecule has 3 N–H and O–H groups in total. The molecule has 4 aromatic rings. The van der Waals surface area contributed by atoms with E-state index in [1.807, 2.05) is 25.1 Å². The van der Waals surface area contributed by atoms with Gasteiger partial charge in [0, 0.05) is 47.4 Å². The van der Waals surface area contributed by atoms with Crippen LogP contribution in [0.2, 0.25) is 0 Å². The van der Waals surface area contributed by atoms with Crippen molar-refractivity contribution in [3.8, 4) is 0 Å². The van der Waals surface area contributed by atoms with Crippen LogP contribution >= 0.6 is 0 Å². The van der Waals surface area contributed by atoms with Crippen molar-refractivity contribution >= 4 is 22.6 Å². The molecule has 1 aliphatic heterocycles. The Labute approximate surface area is 188 Å². The molecule has 0 saturated carbocycles. The van der Waals surface area contributed by atoms with Crippen molar-refractivity contribution in [1.29, 1.82) is 0 Å². The molecule has 8 nitrogen and oxygen atoms in total. The van der Waals surface area contributed by atoms with Gasteiger partial charge in [-0.15, -0.1) is 0 Å². The van der Waals surface area contributed by atoms with Gasteiger partial charge in [0.05, 0.1) is 6.54 Å². The van der Waals surface area contributed by atoms with Crippen molar-refractivity contribution in [2.45, 2.75) is 38.9 Å². The number of benzene rings is 1. The van der Waals surface area contributed by atoms with Gasteiger partial charge in [-0.05, 0) is 55.2 Å². The molecule has 1 aliphatic rings. The number of rotatable bonds is 6. The number of aryl methyl sites for hydroxylation is 2. The predicted octanol–water partition coefficient (Wildman–Crippen LogP) is 2.98. The molecular weight excluding hydrogens is 423 g/mol. The van der Waals surface area contributed by atoms with Gasteiger partial charge < -0.3 is 15.6 Å². The average molecular weight is 446 g/mol. The van der Waals surface area contributed by atoms with Crippen LogP contribution in [0.25, 0.3) is 10.9 Å². The second kappa shape index (κ2) is 8.50. The van der Waals surface area contributed by atoms with Crippen LogP contribution in [0, 0.1) is 12.7 Å². The van der Waals surface area contributed by atoms with Gasteiger partial charge in [-0.25, -0.2) is 9.37 Å². The number of hydrogen-bond acceptors (Lipinski definition) is 5. The summed E-state index contributed by atoms with van der Waals surface area (Å²) in [6.07, 6.45) is 6.22. The molecule has 4 heterocycles. The molecule has 9 heteroatoms. The Balaban J connectivity index is 1.30. The molecule has 1 atom stereocenters. The van der Waals surface area contributed by atoms with Crippen LogP contribution in [0.5, 0.6) is 0 Å². The number of aromatic nitrogens is 4. The van der Waals surface area contributed by atoms with E-state index in [2.05, 4.69) is 25.6 Å². The van der Waals surface area contributed by atoms with Crippen LogP contribution in [0.4, 0.5) is 10.2 Å². The van der Waals surface area contributed by atoms with Gasteiger partial charge in [-0.3, -0.25) is 19.1 Å². The molecule has 1 aromatic carbocycles. The van der Waals surface area contributed by atoms with Crippen LogP contribution in [-0.2, 0) is 24.3 Å². The number of carbonyl (C=O) groups excluding carboxylic acids is 1. The third kappa shape index (κ3) is 4.21. The lowest BCUT2D eigenvalue weighted by Gasteiger charge is -2.15. The number of amides is 1. The Kier molecular flexibility index (Phi) is 5.37. The lowest BCUT2D eigenvalue weighted by Crippen LogP contribution is -2.36. The maximum atomic E-state index is 13.6. The summed E-state index contributed by atoms with van der Waals surface area (Å²) in [6, 6.07) is 7.93.